The van der Waals surface area contributed by atoms with Gasteiger partial charge < -0.3 is 8.97 Å². The van der Waals surface area contributed by atoms with E-state index >= 15 is 0 Å². The Morgan fingerprint density at radius 1 is 0.333 bits per heavy atom. The second-order valence-electron chi connectivity index (χ2n) is 13.6. The first kappa shape index (κ1) is 56.0. The van der Waals surface area contributed by atoms with Crippen molar-refractivity contribution in [1.82, 2.24) is 19.9 Å². The van der Waals surface area contributed by atoms with E-state index in [-0.39, 0.29) is 16.5 Å². The molecule has 0 aliphatic heterocycles. The van der Waals surface area contributed by atoms with Gasteiger partial charge in [-0.05, 0) is 51.4 Å². The molecule has 0 saturated heterocycles. The minimum absolute atomic E-state index is 0. The van der Waals surface area contributed by atoms with Crippen molar-refractivity contribution in [1.29, 1.82) is 0 Å². The molecule has 0 N–H and O–H groups in total. The van der Waals surface area contributed by atoms with Crippen LogP contribution in [0.1, 0.15) is 158 Å². The monoisotopic (exact) mass is 1020 g/mol. The molecule has 0 aromatic carbocycles. The van der Waals surface area contributed by atoms with Crippen molar-refractivity contribution in [3.8, 4) is 0 Å². The normalized spacial score (nSPS) is 10.8. The molecule has 0 amide bonds. The SMILES string of the molecule is CCCC[N+](CCCC)(CCCC)CCCC.CCCC[N+](CCCC)(CCCC)CCCC.[Ni+2].[Se-]c1nccnc1[Se-].[Se-]c1nccnc1[Se-]. The topological polar surface area (TPSA) is 51.6 Å². The summed E-state index contributed by atoms with van der Waals surface area (Å²) in [5, 5.41) is 0. The van der Waals surface area contributed by atoms with Gasteiger partial charge in [0.2, 0.25) is 0 Å². The summed E-state index contributed by atoms with van der Waals surface area (Å²) < 4.78 is 6.15. The molecular weight excluding hydrogens is 939 g/mol. The van der Waals surface area contributed by atoms with Gasteiger partial charge in [-0.15, -0.1) is 0 Å². The number of hydrogen-bond acceptors (Lipinski definition) is 4. The fourth-order valence-corrected chi connectivity index (χ4v) is 6.87. The van der Waals surface area contributed by atoms with Gasteiger partial charge in [0.05, 0.1) is 52.4 Å². The summed E-state index contributed by atoms with van der Waals surface area (Å²) in [7, 11) is 0. The van der Waals surface area contributed by atoms with E-state index in [0.717, 1.165) is 18.4 Å². The second-order valence-corrected chi connectivity index (χ2v) is 16.9. The Bertz CT molecular complexity index is 824. The second kappa shape index (κ2) is 38.9. The van der Waals surface area contributed by atoms with E-state index in [1.54, 1.807) is 24.8 Å². The summed E-state index contributed by atoms with van der Waals surface area (Å²) in [6, 6.07) is 0. The Hall–Kier alpha value is 0.651. The summed E-state index contributed by atoms with van der Waals surface area (Å²) in [5.41, 5.74) is 0. The van der Waals surface area contributed by atoms with Crippen molar-refractivity contribution in [2.24, 2.45) is 0 Å². The molecule has 0 aliphatic rings. The maximum absolute atomic E-state index is 3.93. The Morgan fingerprint density at radius 3 is 0.569 bits per heavy atom. The van der Waals surface area contributed by atoms with Crippen molar-refractivity contribution in [2.45, 2.75) is 158 Å². The van der Waals surface area contributed by atoms with Crippen molar-refractivity contribution in [3.05, 3.63) is 24.8 Å². The van der Waals surface area contributed by atoms with Crippen LogP contribution in [0.4, 0.5) is 0 Å². The van der Waals surface area contributed by atoms with E-state index in [0.29, 0.717) is 0 Å². The van der Waals surface area contributed by atoms with Crippen LogP contribution in [-0.2, 0) is 16.5 Å². The zero-order chi connectivity index (χ0) is 37.9. The van der Waals surface area contributed by atoms with E-state index in [9.17, 15) is 0 Å². The van der Waals surface area contributed by atoms with Gasteiger partial charge in [-0.25, -0.2) is 0 Å². The fraction of sp³-hybridized carbons (Fsp3) is 0.800. The van der Waals surface area contributed by atoms with Gasteiger partial charge in [-0.1, -0.05) is 107 Å². The van der Waals surface area contributed by atoms with Crippen LogP contribution in [0.15, 0.2) is 24.8 Å². The predicted molar refractivity (Wildman–Crippen MR) is 224 cm³/mol. The average molecular weight is 1020 g/mol. The van der Waals surface area contributed by atoms with Crippen molar-refractivity contribution < 1.29 is 25.5 Å². The van der Waals surface area contributed by atoms with Crippen LogP contribution in [0, 0.1) is 0 Å². The third kappa shape index (κ3) is 30.5. The Morgan fingerprint density at radius 2 is 0.471 bits per heavy atom. The summed E-state index contributed by atoms with van der Waals surface area (Å²) >= 11 is 11.1. The Labute approximate surface area is 360 Å². The molecule has 0 unspecified atom stereocenters. The molecule has 11 heteroatoms. The first-order valence-corrected chi connectivity index (χ1v) is 23.5. The van der Waals surface area contributed by atoms with E-state index < -0.39 is 0 Å². The predicted octanol–water partition coefficient (Wildman–Crippen LogP) is 6.13. The third-order valence-corrected chi connectivity index (χ3v) is 13.0. The molecule has 0 aliphatic carbocycles. The van der Waals surface area contributed by atoms with E-state index in [1.165, 1.54) is 164 Å². The van der Waals surface area contributed by atoms with Gasteiger partial charge in [0, 0.05) is 0 Å². The van der Waals surface area contributed by atoms with Crippen LogP contribution in [0.5, 0.6) is 0 Å². The molecule has 300 valence electrons. The van der Waals surface area contributed by atoms with Crippen LogP contribution in [-0.4, -0.2) is 145 Å². The van der Waals surface area contributed by atoms with Crippen molar-refractivity contribution in [2.75, 3.05) is 52.4 Å². The van der Waals surface area contributed by atoms with Gasteiger partial charge in [0.15, 0.2) is 0 Å². The molecule has 0 fully saturated rings. The van der Waals surface area contributed by atoms with E-state index in [1.807, 2.05) is 0 Å². The number of unbranched alkanes of at least 4 members (excludes halogenated alkanes) is 8. The van der Waals surface area contributed by atoms with Gasteiger partial charge in [0.25, 0.3) is 0 Å². The molecule has 2 rings (SSSR count). The molecule has 0 bridgehead atoms. The molecule has 0 spiro atoms. The van der Waals surface area contributed by atoms with Crippen LogP contribution in [0.25, 0.3) is 0 Å². The summed E-state index contributed by atoms with van der Waals surface area (Å²) in [6.07, 6.45) is 28.7. The number of rotatable bonds is 24. The van der Waals surface area contributed by atoms with Gasteiger partial charge in [0.1, 0.15) is 0 Å². The molecule has 2 aromatic heterocycles. The zero-order valence-corrected chi connectivity index (χ0v) is 41.8. The maximum atomic E-state index is 3.93. The first-order chi connectivity index (χ1) is 24.1. The van der Waals surface area contributed by atoms with Crippen LogP contribution in [0.3, 0.4) is 0 Å². The number of aromatic nitrogens is 4. The summed E-state index contributed by atoms with van der Waals surface area (Å²) in [5.74, 6) is 0. The number of hydrogen-bond donors (Lipinski definition) is 0. The van der Waals surface area contributed by atoms with Gasteiger partial charge >= 0.3 is 144 Å². The Balaban J connectivity index is -0.000000630. The molecular formula is C40H76N6NiSe4. The summed E-state index contributed by atoms with van der Waals surface area (Å²) in [4.78, 5) is 15.7. The van der Waals surface area contributed by atoms with Gasteiger partial charge in [-0.2, -0.15) is 0 Å². The fourth-order valence-electron chi connectivity index (χ4n) is 5.91. The third-order valence-electron chi connectivity index (χ3n) is 9.15. The average Bonchev–Trinajstić information content (AvgIpc) is 3.13. The standard InChI is InChI=1S/2C16H36N.2C4H4N2Se2.Ni/c2*1-5-9-13-17(14-10-6-2,15-11-7-3)16-12-8-4;2*7-3-4(8)6-2-1-5-3;/h2*5-16H2,1-4H3;2*1-2H,(H,5,7)(H,6,8);/q2*+1;;;+2/p-4. The minimum atomic E-state index is 0. The van der Waals surface area contributed by atoms with Crippen LogP contribution >= 0.6 is 0 Å². The quantitative estimate of drug-likeness (QED) is 0.0940. The molecule has 0 radical (unpaired) electrons. The molecule has 2 aromatic rings. The molecule has 0 atom stereocenters. The van der Waals surface area contributed by atoms with Crippen molar-refractivity contribution in [3.63, 3.8) is 0 Å². The molecule has 51 heavy (non-hydrogen) atoms. The van der Waals surface area contributed by atoms with Crippen LogP contribution < -0.4 is 18.4 Å². The number of quaternary nitrogens is 2. The molecule has 6 nitrogen and oxygen atoms in total. The van der Waals surface area contributed by atoms with Crippen molar-refractivity contribution >= 4 is 82.4 Å². The van der Waals surface area contributed by atoms with Gasteiger partial charge in [-0.3, -0.25) is 0 Å². The summed E-state index contributed by atoms with van der Waals surface area (Å²) in [6.45, 7) is 30.0. The number of nitrogens with zero attached hydrogens (tertiary/aromatic N) is 6. The van der Waals surface area contributed by atoms with E-state index in [2.05, 4.69) is 139 Å². The molecule has 0 saturated carbocycles. The molecule has 2 heterocycles. The first-order valence-electron chi connectivity index (χ1n) is 20.1. The van der Waals surface area contributed by atoms with E-state index in [4.69, 9.17) is 0 Å². The van der Waals surface area contributed by atoms with Crippen LogP contribution in [0.2, 0.25) is 0 Å². The zero-order valence-electron chi connectivity index (χ0n) is 33.9. The Kier molecular flexibility index (Phi) is 42.7.